The molecule has 9 nitrogen and oxygen atoms in total. The topological polar surface area (TPSA) is 113 Å². The highest BCUT2D eigenvalue weighted by Crippen LogP contribution is 2.32. The number of furan rings is 1. The highest BCUT2D eigenvalue weighted by Gasteiger charge is 2.31. The molecule has 148 valence electrons. The van der Waals surface area contributed by atoms with Crippen LogP contribution in [-0.4, -0.2) is 43.5 Å². The molecule has 0 aliphatic carbocycles. The Bertz CT molecular complexity index is 837. The number of hydrogen-bond donors (Lipinski definition) is 3. The van der Waals surface area contributed by atoms with E-state index in [2.05, 4.69) is 16.2 Å². The molecule has 2 aromatic rings. The molecule has 9 heteroatoms. The lowest BCUT2D eigenvalue weighted by Crippen LogP contribution is -2.53. The van der Waals surface area contributed by atoms with Gasteiger partial charge in [-0.25, -0.2) is 0 Å². The van der Waals surface area contributed by atoms with Gasteiger partial charge in [0.05, 0.1) is 25.0 Å². The number of hydrazine groups is 1. The second-order valence-corrected chi connectivity index (χ2v) is 6.23. The standard InChI is InChI=1S/C19H22N4O5/c1-2-9-20-18(25)16-11-23(13-6-3-4-7-14(13)28-16)12-17(24)21-22-19(26)15-8-5-10-27-15/h3-8,10,16H,2,9,11-12H2,1H3,(H,20,25)(H,21,24)(H,22,26)/t16-/m1/s1. The number of carbonyl (C=O) groups is 3. The van der Waals surface area contributed by atoms with Crippen molar-refractivity contribution in [3.63, 3.8) is 0 Å². The summed E-state index contributed by atoms with van der Waals surface area (Å²) in [5, 5.41) is 2.80. The van der Waals surface area contributed by atoms with E-state index in [-0.39, 0.29) is 24.8 Å². The molecule has 1 aliphatic rings. The predicted molar refractivity (Wildman–Crippen MR) is 101 cm³/mol. The van der Waals surface area contributed by atoms with Gasteiger partial charge in [-0.05, 0) is 30.7 Å². The Kier molecular flexibility index (Phi) is 6.15. The average molecular weight is 386 g/mol. The second kappa shape index (κ2) is 8.94. The number of fused-ring (bicyclic) bond motifs is 1. The number of carbonyl (C=O) groups excluding carboxylic acids is 3. The van der Waals surface area contributed by atoms with Crippen molar-refractivity contribution >= 4 is 23.4 Å². The van der Waals surface area contributed by atoms with Crippen molar-refractivity contribution in [1.82, 2.24) is 16.2 Å². The normalized spacial score (nSPS) is 15.2. The first-order valence-electron chi connectivity index (χ1n) is 8.99. The van der Waals surface area contributed by atoms with E-state index in [4.69, 9.17) is 9.15 Å². The molecule has 3 amide bonds. The Balaban J connectivity index is 1.63. The van der Waals surface area contributed by atoms with Crippen molar-refractivity contribution in [1.29, 1.82) is 0 Å². The molecule has 3 rings (SSSR count). The van der Waals surface area contributed by atoms with Gasteiger partial charge in [0.15, 0.2) is 11.9 Å². The van der Waals surface area contributed by atoms with Crippen molar-refractivity contribution in [2.24, 2.45) is 0 Å². The third-order valence-corrected chi connectivity index (χ3v) is 4.10. The van der Waals surface area contributed by atoms with E-state index >= 15 is 0 Å². The van der Waals surface area contributed by atoms with Crippen LogP contribution in [0.25, 0.3) is 0 Å². The first-order chi connectivity index (χ1) is 13.6. The molecule has 1 aromatic heterocycles. The highest BCUT2D eigenvalue weighted by molar-refractivity contribution is 5.93. The minimum absolute atomic E-state index is 0.0592. The van der Waals surface area contributed by atoms with Gasteiger partial charge in [-0.2, -0.15) is 0 Å². The summed E-state index contributed by atoms with van der Waals surface area (Å²) in [5.74, 6) is -0.614. The number of rotatable bonds is 6. The Morgan fingerprint density at radius 1 is 1.14 bits per heavy atom. The minimum Gasteiger partial charge on any atom is -0.477 e. The van der Waals surface area contributed by atoms with Gasteiger partial charge >= 0.3 is 5.91 Å². The van der Waals surface area contributed by atoms with Gasteiger partial charge in [0.25, 0.3) is 11.8 Å². The molecule has 0 saturated carbocycles. The number of nitrogens with one attached hydrogen (secondary N) is 3. The highest BCUT2D eigenvalue weighted by atomic mass is 16.5. The largest absolute Gasteiger partial charge is 0.477 e. The third kappa shape index (κ3) is 4.61. The van der Waals surface area contributed by atoms with Crippen LogP contribution in [0.5, 0.6) is 5.75 Å². The monoisotopic (exact) mass is 386 g/mol. The van der Waals surface area contributed by atoms with Crippen molar-refractivity contribution in [3.8, 4) is 5.75 Å². The molecule has 1 aliphatic heterocycles. The van der Waals surface area contributed by atoms with Crippen LogP contribution < -0.4 is 25.8 Å². The van der Waals surface area contributed by atoms with E-state index in [0.717, 1.165) is 6.42 Å². The van der Waals surface area contributed by atoms with Gasteiger partial charge in [-0.15, -0.1) is 0 Å². The molecule has 2 heterocycles. The van der Waals surface area contributed by atoms with Gasteiger partial charge < -0.3 is 19.4 Å². The number of ether oxygens (including phenoxy) is 1. The summed E-state index contributed by atoms with van der Waals surface area (Å²) in [6.45, 7) is 2.67. The lowest BCUT2D eigenvalue weighted by Gasteiger charge is -2.35. The molecule has 0 unspecified atom stereocenters. The van der Waals surface area contributed by atoms with Crippen LogP contribution in [0.4, 0.5) is 5.69 Å². The van der Waals surface area contributed by atoms with Crippen LogP contribution in [0.3, 0.4) is 0 Å². The number of amides is 3. The van der Waals surface area contributed by atoms with Crippen molar-refractivity contribution in [2.75, 3.05) is 24.5 Å². The summed E-state index contributed by atoms with van der Waals surface area (Å²) < 4.78 is 10.7. The Morgan fingerprint density at radius 2 is 1.96 bits per heavy atom. The molecular weight excluding hydrogens is 364 g/mol. The van der Waals surface area contributed by atoms with Crippen LogP contribution >= 0.6 is 0 Å². The molecule has 0 saturated heterocycles. The zero-order valence-electron chi connectivity index (χ0n) is 15.4. The van der Waals surface area contributed by atoms with Crippen LogP contribution in [0.15, 0.2) is 47.1 Å². The maximum atomic E-state index is 12.3. The van der Waals surface area contributed by atoms with Crippen molar-refractivity contribution < 1.29 is 23.5 Å². The number of anilines is 1. The summed E-state index contributed by atoms with van der Waals surface area (Å²) >= 11 is 0. The number of hydrogen-bond acceptors (Lipinski definition) is 6. The first-order valence-corrected chi connectivity index (χ1v) is 8.99. The van der Waals surface area contributed by atoms with Gasteiger partial charge in [0, 0.05) is 6.54 Å². The molecule has 0 bridgehead atoms. The Labute approximate surface area is 162 Å². The minimum atomic E-state index is -0.730. The van der Waals surface area contributed by atoms with Crippen LogP contribution in [0, 0.1) is 0 Å². The van der Waals surface area contributed by atoms with Crippen LogP contribution in [-0.2, 0) is 9.59 Å². The predicted octanol–water partition coefficient (Wildman–Crippen LogP) is 0.834. The SMILES string of the molecule is CCCNC(=O)[C@H]1CN(CC(=O)NNC(=O)c2ccco2)c2ccccc2O1. The number of nitrogens with zero attached hydrogens (tertiary/aromatic N) is 1. The van der Waals surface area contributed by atoms with E-state index in [1.165, 1.54) is 12.3 Å². The summed E-state index contributed by atoms with van der Waals surface area (Å²) in [4.78, 5) is 38.2. The van der Waals surface area contributed by atoms with Gasteiger partial charge in [-0.1, -0.05) is 19.1 Å². The van der Waals surface area contributed by atoms with E-state index in [1.54, 1.807) is 23.1 Å². The lowest BCUT2D eigenvalue weighted by molar-refractivity contribution is -0.128. The summed E-state index contributed by atoms with van der Waals surface area (Å²) in [7, 11) is 0. The average Bonchev–Trinajstić information content (AvgIpc) is 3.25. The summed E-state index contributed by atoms with van der Waals surface area (Å²) in [5.41, 5.74) is 5.34. The molecule has 0 spiro atoms. The molecule has 0 fully saturated rings. The van der Waals surface area contributed by atoms with Crippen molar-refractivity contribution in [2.45, 2.75) is 19.4 Å². The third-order valence-electron chi connectivity index (χ3n) is 4.10. The number of benzene rings is 1. The van der Waals surface area contributed by atoms with E-state index in [1.807, 2.05) is 19.1 Å². The fourth-order valence-corrected chi connectivity index (χ4v) is 2.76. The van der Waals surface area contributed by atoms with E-state index in [0.29, 0.717) is 18.0 Å². The quantitative estimate of drug-likeness (QED) is 0.634. The summed E-state index contributed by atoms with van der Waals surface area (Å²) in [6, 6.07) is 10.2. The first kappa shape index (κ1) is 19.3. The number of para-hydroxylation sites is 2. The van der Waals surface area contributed by atoms with Crippen LogP contribution in [0.2, 0.25) is 0 Å². The van der Waals surface area contributed by atoms with Crippen LogP contribution in [0.1, 0.15) is 23.9 Å². The smallest absolute Gasteiger partial charge is 0.305 e. The Morgan fingerprint density at radius 3 is 2.71 bits per heavy atom. The van der Waals surface area contributed by atoms with E-state index < -0.39 is 17.9 Å². The van der Waals surface area contributed by atoms with Gasteiger partial charge in [-0.3, -0.25) is 25.2 Å². The lowest BCUT2D eigenvalue weighted by atomic mass is 10.1. The zero-order valence-corrected chi connectivity index (χ0v) is 15.4. The maximum absolute atomic E-state index is 12.3. The molecular formula is C19H22N4O5. The summed E-state index contributed by atoms with van der Waals surface area (Å²) in [6.07, 6.45) is 1.45. The van der Waals surface area contributed by atoms with E-state index in [9.17, 15) is 14.4 Å². The maximum Gasteiger partial charge on any atom is 0.305 e. The van der Waals surface area contributed by atoms with Gasteiger partial charge in [0.2, 0.25) is 0 Å². The molecule has 1 atom stereocenters. The second-order valence-electron chi connectivity index (χ2n) is 6.23. The van der Waals surface area contributed by atoms with Gasteiger partial charge in [0.1, 0.15) is 5.75 Å². The van der Waals surface area contributed by atoms with Crippen molar-refractivity contribution in [3.05, 3.63) is 48.4 Å². The molecule has 3 N–H and O–H groups in total. The fraction of sp³-hybridized carbons (Fsp3) is 0.316. The zero-order chi connectivity index (χ0) is 19.9. The molecule has 1 aromatic carbocycles. The molecule has 28 heavy (non-hydrogen) atoms. The Hall–Kier alpha value is -3.49. The fourth-order valence-electron chi connectivity index (χ4n) is 2.76. The molecule has 0 radical (unpaired) electrons.